The number of ether oxygens (including phenoxy) is 5. The van der Waals surface area contributed by atoms with E-state index in [9.17, 15) is 14.4 Å². The molecule has 0 spiro atoms. The van der Waals surface area contributed by atoms with E-state index in [4.69, 9.17) is 46.9 Å². The van der Waals surface area contributed by atoms with Crippen LogP contribution in [0.2, 0.25) is 10.0 Å². The van der Waals surface area contributed by atoms with E-state index in [2.05, 4.69) is 37.1 Å². The zero-order chi connectivity index (χ0) is 34.8. The normalized spacial score (nSPS) is 14.2. The minimum atomic E-state index is -0.787. The van der Waals surface area contributed by atoms with Gasteiger partial charge in [-0.1, -0.05) is 35.3 Å². The summed E-state index contributed by atoms with van der Waals surface area (Å²) in [6, 6.07) is 12.3. The van der Waals surface area contributed by atoms with Crippen LogP contribution < -0.4 is 35.0 Å². The standard InChI is InChI=1S/C33H33BrCl2N4O8/c1-5-45-27-13-20(11-22(34)31(27)48-16-19-7-9-23(35)24(36)12-19)15-37-40-28(41)17-47-25-10-8-21(14-26(25)44-4)30-29(32(42)46-6-2)18(3)38-33(43)39-30/h7-15,30H,5-6,16-17H2,1-4H3,(H,40,41)(H2,38,39,43)/b37-15-/t30-/m1/s1. The molecule has 3 aromatic carbocycles. The van der Waals surface area contributed by atoms with Gasteiger partial charge in [0.05, 0.1) is 52.7 Å². The first-order valence-electron chi connectivity index (χ1n) is 14.7. The number of hydrazone groups is 1. The lowest BCUT2D eigenvalue weighted by Gasteiger charge is -2.28. The van der Waals surface area contributed by atoms with Gasteiger partial charge in [-0.25, -0.2) is 15.0 Å². The minimum Gasteiger partial charge on any atom is -0.493 e. The van der Waals surface area contributed by atoms with Crippen LogP contribution >= 0.6 is 39.1 Å². The Morgan fingerprint density at radius 2 is 1.77 bits per heavy atom. The van der Waals surface area contributed by atoms with Gasteiger partial charge in [-0.05, 0) is 89.8 Å². The van der Waals surface area contributed by atoms with Gasteiger partial charge in [0.2, 0.25) is 0 Å². The predicted molar refractivity (Wildman–Crippen MR) is 184 cm³/mol. The Bertz CT molecular complexity index is 1750. The molecule has 0 fully saturated rings. The maximum atomic E-state index is 12.6. The van der Waals surface area contributed by atoms with Crippen LogP contribution in [0.4, 0.5) is 4.79 Å². The Hall–Kier alpha value is -4.46. The molecule has 15 heteroatoms. The number of benzene rings is 3. The van der Waals surface area contributed by atoms with Gasteiger partial charge < -0.3 is 34.3 Å². The van der Waals surface area contributed by atoms with Crippen LogP contribution in [0.25, 0.3) is 0 Å². The van der Waals surface area contributed by atoms with Crippen molar-refractivity contribution < 1.29 is 38.1 Å². The van der Waals surface area contributed by atoms with Gasteiger partial charge >= 0.3 is 12.0 Å². The molecule has 3 N–H and O–H groups in total. The van der Waals surface area contributed by atoms with Gasteiger partial charge in [0.15, 0.2) is 29.6 Å². The van der Waals surface area contributed by atoms with Gasteiger partial charge in [-0.3, -0.25) is 4.79 Å². The number of esters is 1. The fourth-order valence-electron chi connectivity index (χ4n) is 4.61. The molecule has 0 saturated carbocycles. The number of nitrogens with zero attached hydrogens (tertiary/aromatic N) is 1. The Balaban J connectivity index is 1.39. The number of urea groups is 1. The topological polar surface area (TPSA) is 146 Å². The van der Waals surface area contributed by atoms with Crippen LogP contribution in [-0.2, 0) is 20.9 Å². The highest BCUT2D eigenvalue weighted by Gasteiger charge is 2.32. The van der Waals surface area contributed by atoms with Crippen molar-refractivity contribution in [2.24, 2.45) is 5.10 Å². The molecule has 1 atom stereocenters. The van der Waals surface area contributed by atoms with E-state index in [1.807, 2.05) is 13.0 Å². The van der Waals surface area contributed by atoms with Crippen LogP contribution in [-0.4, -0.2) is 51.1 Å². The first-order chi connectivity index (χ1) is 23.0. The average Bonchev–Trinajstić information content (AvgIpc) is 3.04. The number of allylic oxidation sites excluding steroid dienone is 1. The van der Waals surface area contributed by atoms with Crippen molar-refractivity contribution in [3.05, 3.63) is 91.0 Å². The molecule has 3 amide bonds. The molecule has 1 heterocycles. The summed E-state index contributed by atoms with van der Waals surface area (Å²) in [4.78, 5) is 37.4. The van der Waals surface area contributed by atoms with Crippen molar-refractivity contribution in [2.45, 2.75) is 33.4 Å². The lowest BCUT2D eigenvalue weighted by molar-refractivity contribution is -0.139. The highest BCUT2D eigenvalue weighted by molar-refractivity contribution is 9.10. The summed E-state index contributed by atoms with van der Waals surface area (Å²) >= 11 is 15.6. The largest absolute Gasteiger partial charge is 0.493 e. The molecular formula is C33H33BrCl2N4O8. The Morgan fingerprint density at radius 1 is 0.979 bits per heavy atom. The van der Waals surface area contributed by atoms with Crippen molar-refractivity contribution >= 4 is 63.3 Å². The quantitative estimate of drug-likeness (QED) is 0.0964. The smallest absolute Gasteiger partial charge is 0.338 e. The van der Waals surface area contributed by atoms with E-state index in [0.29, 0.717) is 49.4 Å². The van der Waals surface area contributed by atoms with Gasteiger partial charge in [-0.15, -0.1) is 0 Å². The lowest BCUT2D eigenvalue weighted by atomic mass is 9.95. The molecule has 3 aromatic rings. The third-order valence-electron chi connectivity index (χ3n) is 6.75. The fraction of sp³-hybridized carbons (Fsp3) is 0.273. The maximum absolute atomic E-state index is 12.6. The van der Waals surface area contributed by atoms with E-state index in [1.54, 1.807) is 56.3 Å². The number of nitrogens with one attached hydrogen (secondary N) is 3. The van der Waals surface area contributed by atoms with Crippen molar-refractivity contribution in [2.75, 3.05) is 26.9 Å². The Morgan fingerprint density at radius 3 is 2.48 bits per heavy atom. The van der Waals surface area contributed by atoms with Crippen molar-refractivity contribution in [3.63, 3.8) is 0 Å². The van der Waals surface area contributed by atoms with Gasteiger partial charge in [0.25, 0.3) is 5.91 Å². The van der Waals surface area contributed by atoms with E-state index in [1.165, 1.54) is 13.3 Å². The third kappa shape index (κ3) is 9.33. The molecule has 254 valence electrons. The molecule has 0 radical (unpaired) electrons. The van der Waals surface area contributed by atoms with E-state index in [-0.39, 0.29) is 36.9 Å². The van der Waals surface area contributed by atoms with Gasteiger partial charge in [-0.2, -0.15) is 5.10 Å². The van der Waals surface area contributed by atoms with Gasteiger partial charge in [0, 0.05) is 5.70 Å². The monoisotopic (exact) mass is 762 g/mol. The highest BCUT2D eigenvalue weighted by atomic mass is 79.9. The fourth-order valence-corrected chi connectivity index (χ4v) is 5.51. The third-order valence-corrected chi connectivity index (χ3v) is 8.07. The van der Waals surface area contributed by atoms with Crippen LogP contribution in [0.3, 0.4) is 0 Å². The summed E-state index contributed by atoms with van der Waals surface area (Å²) in [6.07, 6.45) is 1.45. The van der Waals surface area contributed by atoms with E-state index < -0.39 is 23.9 Å². The number of methoxy groups -OCH3 is 1. The van der Waals surface area contributed by atoms with Crippen LogP contribution in [0.1, 0.15) is 43.5 Å². The molecular weight excluding hydrogens is 731 g/mol. The predicted octanol–water partition coefficient (Wildman–Crippen LogP) is 6.46. The summed E-state index contributed by atoms with van der Waals surface area (Å²) in [6.45, 7) is 5.59. The van der Waals surface area contributed by atoms with Crippen molar-refractivity contribution in [1.82, 2.24) is 16.1 Å². The number of hydrogen-bond acceptors (Lipinski definition) is 9. The second-order valence-electron chi connectivity index (χ2n) is 10.1. The number of halogens is 3. The maximum Gasteiger partial charge on any atom is 0.338 e. The van der Waals surface area contributed by atoms with Gasteiger partial charge in [0.1, 0.15) is 6.61 Å². The second-order valence-corrected chi connectivity index (χ2v) is 11.8. The van der Waals surface area contributed by atoms with Crippen molar-refractivity contribution in [1.29, 1.82) is 0 Å². The Labute approximate surface area is 295 Å². The molecule has 48 heavy (non-hydrogen) atoms. The van der Waals surface area contributed by atoms with Crippen LogP contribution in [0, 0.1) is 0 Å². The number of hydrogen-bond donors (Lipinski definition) is 3. The first kappa shape index (κ1) is 36.4. The molecule has 0 unspecified atom stereocenters. The first-order valence-corrected chi connectivity index (χ1v) is 16.2. The second kappa shape index (κ2) is 17.1. The summed E-state index contributed by atoms with van der Waals surface area (Å²) < 4.78 is 28.7. The van der Waals surface area contributed by atoms with Crippen LogP contribution in [0.15, 0.2) is 69.4 Å². The molecule has 12 nitrogen and oxygen atoms in total. The highest BCUT2D eigenvalue weighted by Crippen LogP contribution is 2.38. The molecule has 0 saturated heterocycles. The van der Waals surface area contributed by atoms with Crippen LogP contribution in [0.5, 0.6) is 23.0 Å². The summed E-state index contributed by atoms with van der Waals surface area (Å²) in [7, 11) is 1.43. The average molecular weight is 764 g/mol. The Kier molecular flexibility index (Phi) is 13.0. The molecule has 0 aliphatic carbocycles. The molecule has 4 rings (SSSR count). The summed E-state index contributed by atoms with van der Waals surface area (Å²) in [5, 5.41) is 10.2. The molecule has 1 aliphatic heterocycles. The zero-order valence-corrected chi connectivity index (χ0v) is 29.5. The number of amides is 3. The summed E-state index contributed by atoms with van der Waals surface area (Å²) in [5.74, 6) is 0.422. The zero-order valence-electron chi connectivity index (χ0n) is 26.4. The number of rotatable bonds is 14. The van der Waals surface area contributed by atoms with Crippen molar-refractivity contribution in [3.8, 4) is 23.0 Å². The van der Waals surface area contributed by atoms with E-state index >= 15 is 0 Å². The SMILES string of the molecule is CCOC(=O)C1=C(C)NC(=O)N[C@@H]1c1ccc(OCC(=O)N/N=C\c2cc(Br)c(OCc3ccc(Cl)c(Cl)c3)c(OCC)c2)c(OC)c1. The molecule has 0 bridgehead atoms. The lowest BCUT2D eigenvalue weighted by Crippen LogP contribution is -2.45. The minimum absolute atomic E-state index is 0.174. The van der Waals surface area contributed by atoms with E-state index in [0.717, 1.165) is 5.56 Å². The molecule has 1 aliphatic rings. The summed E-state index contributed by atoms with van der Waals surface area (Å²) in [5.41, 5.74) is 5.07. The molecule has 0 aromatic heterocycles. The number of carbonyl (C=O) groups excluding carboxylic acids is 3. The number of carbonyl (C=O) groups is 3.